The van der Waals surface area contributed by atoms with Crippen LogP contribution in [-0.2, 0) is 19.1 Å². The quantitative estimate of drug-likeness (QED) is 0.613. The number of hydrogen-bond acceptors (Lipinski definition) is 5. The van der Waals surface area contributed by atoms with Crippen LogP contribution in [0, 0.1) is 16.7 Å². The van der Waals surface area contributed by atoms with Gasteiger partial charge < -0.3 is 9.47 Å². The van der Waals surface area contributed by atoms with Crippen LogP contribution in [0.2, 0.25) is 0 Å². The molecule has 0 amide bonds. The maximum Gasteiger partial charge on any atom is 0.336 e. The number of allylic oxidation sites excluding steroid dienone is 1. The van der Waals surface area contributed by atoms with Gasteiger partial charge in [-0.3, -0.25) is 9.79 Å². The van der Waals surface area contributed by atoms with Gasteiger partial charge in [0.15, 0.2) is 0 Å². The fourth-order valence-corrected chi connectivity index (χ4v) is 3.37. The van der Waals surface area contributed by atoms with Gasteiger partial charge in [0.25, 0.3) is 0 Å². The largest absolute Gasteiger partial charge is 0.465 e. The molecule has 0 radical (unpaired) electrons. The summed E-state index contributed by atoms with van der Waals surface area (Å²) in [5.41, 5.74) is 2.20. The highest BCUT2D eigenvalue weighted by Crippen LogP contribution is 2.40. The van der Waals surface area contributed by atoms with Crippen LogP contribution < -0.4 is 0 Å². The lowest BCUT2D eigenvalue weighted by atomic mass is 9.75. The zero-order valence-corrected chi connectivity index (χ0v) is 19.5. The lowest BCUT2D eigenvalue weighted by Gasteiger charge is -2.32. The third kappa shape index (κ3) is 6.28. The molecule has 0 aliphatic carbocycles. The van der Waals surface area contributed by atoms with Gasteiger partial charge in [0, 0.05) is 17.3 Å². The minimum absolute atomic E-state index is 0.155. The number of benzene rings is 1. The predicted molar refractivity (Wildman–Crippen MR) is 119 cm³/mol. The van der Waals surface area contributed by atoms with E-state index in [4.69, 9.17) is 9.47 Å². The number of carbonyl (C=O) groups is 2. The van der Waals surface area contributed by atoms with Crippen LogP contribution in [0.1, 0.15) is 66.9 Å². The van der Waals surface area contributed by atoms with E-state index in [1.54, 1.807) is 6.92 Å². The second-order valence-corrected chi connectivity index (χ2v) is 10.4. The van der Waals surface area contributed by atoms with Gasteiger partial charge in [-0.15, -0.1) is 0 Å². The van der Waals surface area contributed by atoms with Gasteiger partial charge in [-0.05, 0) is 30.2 Å². The standard InChI is InChI=1S/C25H35NO4/c1-16-19(22(27)29-14-24(3,4)5)21(18-12-10-9-11-13-18)20(17(2)26-16)23(28)30-15-25(6,7)8/h9-13,19,21H,14-15H2,1-8H3. The van der Waals surface area contributed by atoms with Crippen molar-refractivity contribution in [3.05, 3.63) is 47.2 Å². The Morgan fingerprint density at radius 3 is 1.97 bits per heavy atom. The molecule has 1 heterocycles. The lowest BCUT2D eigenvalue weighted by Crippen LogP contribution is -2.37. The molecule has 2 rings (SSSR count). The molecule has 0 saturated heterocycles. The van der Waals surface area contributed by atoms with Crippen LogP contribution in [-0.4, -0.2) is 30.9 Å². The van der Waals surface area contributed by atoms with E-state index in [1.165, 1.54) is 0 Å². The summed E-state index contributed by atoms with van der Waals surface area (Å²) in [6.07, 6.45) is 0. The summed E-state index contributed by atoms with van der Waals surface area (Å²) in [5, 5.41) is 0. The molecule has 164 valence electrons. The first-order valence-electron chi connectivity index (χ1n) is 10.4. The molecular weight excluding hydrogens is 378 g/mol. The Labute approximate surface area is 180 Å². The van der Waals surface area contributed by atoms with E-state index >= 15 is 0 Å². The maximum absolute atomic E-state index is 13.2. The second kappa shape index (κ2) is 9.15. The van der Waals surface area contributed by atoms with Crippen LogP contribution in [0.5, 0.6) is 0 Å². The first kappa shape index (κ1) is 23.8. The number of nitrogens with zero attached hydrogens (tertiary/aromatic N) is 1. The highest BCUT2D eigenvalue weighted by molar-refractivity contribution is 6.07. The molecule has 30 heavy (non-hydrogen) atoms. The first-order valence-corrected chi connectivity index (χ1v) is 10.4. The maximum atomic E-state index is 13.2. The average Bonchev–Trinajstić information content (AvgIpc) is 2.63. The Bertz CT molecular complexity index is 838. The topological polar surface area (TPSA) is 65.0 Å². The summed E-state index contributed by atoms with van der Waals surface area (Å²) in [4.78, 5) is 30.8. The molecule has 0 N–H and O–H groups in total. The number of ether oxygens (including phenoxy) is 2. The second-order valence-electron chi connectivity index (χ2n) is 10.4. The van der Waals surface area contributed by atoms with E-state index in [-0.39, 0.29) is 23.4 Å². The Morgan fingerprint density at radius 2 is 1.43 bits per heavy atom. The summed E-state index contributed by atoms with van der Waals surface area (Å²) in [5.74, 6) is -1.96. The minimum Gasteiger partial charge on any atom is -0.465 e. The molecule has 0 fully saturated rings. The monoisotopic (exact) mass is 413 g/mol. The number of esters is 2. The Kier molecular flexibility index (Phi) is 7.27. The Hall–Kier alpha value is -2.43. The van der Waals surface area contributed by atoms with Crippen molar-refractivity contribution in [2.75, 3.05) is 13.2 Å². The molecule has 5 nitrogen and oxygen atoms in total. The first-order chi connectivity index (χ1) is 13.8. The minimum atomic E-state index is -0.671. The molecule has 1 aliphatic heterocycles. The van der Waals surface area contributed by atoms with E-state index in [0.717, 1.165) is 5.56 Å². The lowest BCUT2D eigenvalue weighted by molar-refractivity contribution is -0.149. The molecule has 1 aliphatic rings. The number of hydrogen-bond donors (Lipinski definition) is 0. The van der Waals surface area contributed by atoms with Crippen LogP contribution in [0.25, 0.3) is 0 Å². The third-order valence-electron chi connectivity index (χ3n) is 4.74. The summed E-state index contributed by atoms with van der Waals surface area (Å²) in [6.45, 7) is 16.2. The summed E-state index contributed by atoms with van der Waals surface area (Å²) in [7, 11) is 0. The Balaban J connectivity index is 2.46. The number of rotatable bonds is 5. The fourth-order valence-electron chi connectivity index (χ4n) is 3.37. The van der Waals surface area contributed by atoms with E-state index in [2.05, 4.69) is 4.99 Å². The predicted octanol–water partition coefficient (Wildman–Crippen LogP) is 5.31. The van der Waals surface area contributed by atoms with Crippen molar-refractivity contribution < 1.29 is 19.1 Å². The van der Waals surface area contributed by atoms with Crippen molar-refractivity contribution in [3.8, 4) is 0 Å². The Morgan fingerprint density at radius 1 is 0.900 bits per heavy atom. The van der Waals surface area contributed by atoms with Crippen molar-refractivity contribution in [2.45, 2.75) is 61.3 Å². The van der Waals surface area contributed by atoms with Crippen molar-refractivity contribution in [1.29, 1.82) is 0 Å². The molecule has 1 aromatic rings. The van der Waals surface area contributed by atoms with Crippen molar-refractivity contribution in [2.24, 2.45) is 21.7 Å². The van der Waals surface area contributed by atoms with Crippen molar-refractivity contribution >= 4 is 17.7 Å². The molecule has 2 unspecified atom stereocenters. The van der Waals surface area contributed by atoms with Crippen LogP contribution in [0.4, 0.5) is 0 Å². The van der Waals surface area contributed by atoms with Crippen LogP contribution in [0.15, 0.2) is 46.6 Å². The summed E-state index contributed by atoms with van der Waals surface area (Å²) >= 11 is 0. The van der Waals surface area contributed by atoms with Crippen LogP contribution in [0.3, 0.4) is 0 Å². The molecule has 0 spiro atoms. The van der Waals surface area contributed by atoms with E-state index in [1.807, 2.05) is 78.8 Å². The van der Waals surface area contributed by atoms with E-state index < -0.39 is 17.8 Å². The van der Waals surface area contributed by atoms with Crippen LogP contribution >= 0.6 is 0 Å². The van der Waals surface area contributed by atoms with Gasteiger partial charge in [0.05, 0.1) is 18.8 Å². The average molecular weight is 414 g/mol. The van der Waals surface area contributed by atoms with Crippen molar-refractivity contribution in [1.82, 2.24) is 0 Å². The molecule has 2 atom stereocenters. The smallest absolute Gasteiger partial charge is 0.336 e. The normalized spacial score (nSPS) is 19.9. The van der Waals surface area contributed by atoms with Gasteiger partial charge >= 0.3 is 11.9 Å². The third-order valence-corrected chi connectivity index (χ3v) is 4.74. The van der Waals surface area contributed by atoms with Gasteiger partial charge in [-0.25, -0.2) is 4.79 Å². The molecule has 0 aromatic heterocycles. The zero-order chi connectivity index (χ0) is 22.7. The van der Waals surface area contributed by atoms with Gasteiger partial charge in [-0.1, -0.05) is 71.9 Å². The molecule has 5 heteroatoms. The highest BCUT2D eigenvalue weighted by atomic mass is 16.5. The van der Waals surface area contributed by atoms with Crippen molar-refractivity contribution in [3.63, 3.8) is 0 Å². The number of aliphatic imine (C=N–C) groups is 1. The molecule has 1 aromatic carbocycles. The fraction of sp³-hybridized carbons (Fsp3) is 0.560. The van der Waals surface area contributed by atoms with E-state index in [0.29, 0.717) is 23.6 Å². The van der Waals surface area contributed by atoms with Gasteiger partial charge in [-0.2, -0.15) is 0 Å². The van der Waals surface area contributed by atoms with Gasteiger partial charge in [0.1, 0.15) is 5.92 Å². The molecule has 0 saturated carbocycles. The zero-order valence-electron chi connectivity index (χ0n) is 19.5. The number of carbonyl (C=O) groups excluding carboxylic acids is 2. The summed E-state index contributed by atoms with van der Waals surface area (Å²) in [6, 6.07) is 9.58. The molecule has 0 bridgehead atoms. The summed E-state index contributed by atoms with van der Waals surface area (Å²) < 4.78 is 11.3. The SMILES string of the molecule is CC1=NC(C)=C(C(=O)OCC(C)(C)C)C(c2ccccc2)C1C(=O)OCC(C)(C)C. The van der Waals surface area contributed by atoms with E-state index in [9.17, 15) is 9.59 Å². The molecular formula is C25H35NO4. The van der Waals surface area contributed by atoms with Gasteiger partial charge in [0.2, 0.25) is 0 Å². The highest BCUT2D eigenvalue weighted by Gasteiger charge is 2.42.